The lowest BCUT2D eigenvalue weighted by molar-refractivity contribution is 0.313. The summed E-state index contributed by atoms with van der Waals surface area (Å²) in [6.45, 7) is 7.13. The number of nitriles is 1. The van der Waals surface area contributed by atoms with Gasteiger partial charge in [0, 0.05) is 38.3 Å². The first-order valence-corrected chi connectivity index (χ1v) is 9.87. The molecule has 3 rings (SSSR count). The van der Waals surface area contributed by atoms with Gasteiger partial charge in [0.05, 0.1) is 5.56 Å². The van der Waals surface area contributed by atoms with Crippen molar-refractivity contribution in [3.8, 4) is 6.07 Å². The number of hydrogen-bond donors (Lipinski definition) is 1. The Bertz CT molecular complexity index is 628. The van der Waals surface area contributed by atoms with Gasteiger partial charge >= 0.3 is 0 Å². The van der Waals surface area contributed by atoms with Gasteiger partial charge in [-0.15, -0.1) is 0 Å². The molecular formula is C20H31N5. The SMILES string of the molecule is CCCCCNc1nc(N2CCCCC2)c(C#N)c2c1CN(C)CC2. The van der Waals surface area contributed by atoms with Gasteiger partial charge in [0.2, 0.25) is 0 Å². The Morgan fingerprint density at radius 1 is 1.12 bits per heavy atom. The molecule has 25 heavy (non-hydrogen) atoms. The van der Waals surface area contributed by atoms with E-state index in [2.05, 4.69) is 35.2 Å². The van der Waals surface area contributed by atoms with Crippen LogP contribution in [0, 0.1) is 11.3 Å². The smallest absolute Gasteiger partial charge is 0.149 e. The number of anilines is 2. The van der Waals surface area contributed by atoms with Crippen molar-refractivity contribution >= 4 is 11.6 Å². The van der Waals surface area contributed by atoms with E-state index in [4.69, 9.17) is 4.98 Å². The fraction of sp³-hybridized carbons (Fsp3) is 0.700. The molecule has 0 aliphatic carbocycles. The zero-order chi connectivity index (χ0) is 17.6. The standard InChI is InChI=1S/C20H31N5/c1-3-4-6-10-22-19-18-15-24(2)13-9-16(18)17(14-21)20(23-19)25-11-7-5-8-12-25/h3-13,15H2,1-2H3,(H,22,23). The number of piperidine rings is 1. The number of pyridine rings is 1. The summed E-state index contributed by atoms with van der Waals surface area (Å²) in [4.78, 5) is 9.63. The average Bonchev–Trinajstić information content (AvgIpc) is 2.65. The third-order valence-corrected chi connectivity index (χ3v) is 5.40. The first kappa shape index (κ1) is 18.0. The van der Waals surface area contributed by atoms with Crippen LogP contribution in [-0.2, 0) is 13.0 Å². The van der Waals surface area contributed by atoms with E-state index in [1.165, 1.54) is 49.7 Å². The van der Waals surface area contributed by atoms with E-state index in [0.717, 1.165) is 56.3 Å². The van der Waals surface area contributed by atoms with E-state index in [9.17, 15) is 5.26 Å². The molecule has 1 fully saturated rings. The monoisotopic (exact) mass is 341 g/mol. The minimum Gasteiger partial charge on any atom is -0.370 e. The van der Waals surface area contributed by atoms with Crippen LogP contribution >= 0.6 is 0 Å². The van der Waals surface area contributed by atoms with E-state index < -0.39 is 0 Å². The molecule has 0 saturated carbocycles. The second-order valence-electron chi connectivity index (χ2n) is 7.40. The van der Waals surface area contributed by atoms with Gasteiger partial charge in [0.1, 0.15) is 17.7 Å². The summed E-state index contributed by atoms with van der Waals surface area (Å²) in [6, 6.07) is 2.49. The molecule has 0 aromatic carbocycles. The van der Waals surface area contributed by atoms with Gasteiger partial charge in [-0.05, 0) is 44.7 Å². The van der Waals surface area contributed by atoms with Crippen molar-refractivity contribution in [1.82, 2.24) is 9.88 Å². The normalized spacial score (nSPS) is 17.9. The predicted octanol–water partition coefficient (Wildman–Crippen LogP) is 3.53. The van der Waals surface area contributed by atoms with Gasteiger partial charge in [0.15, 0.2) is 0 Å². The number of hydrogen-bond acceptors (Lipinski definition) is 5. The second kappa shape index (κ2) is 8.53. The minimum atomic E-state index is 0.823. The van der Waals surface area contributed by atoms with Crippen molar-refractivity contribution in [2.75, 3.05) is 43.4 Å². The Balaban J connectivity index is 1.95. The highest BCUT2D eigenvalue weighted by molar-refractivity contribution is 5.67. The third kappa shape index (κ3) is 4.07. The molecule has 3 heterocycles. The molecular weight excluding hydrogens is 310 g/mol. The van der Waals surface area contributed by atoms with E-state index in [-0.39, 0.29) is 0 Å². The molecule has 1 N–H and O–H groups in total. The number of nitrogens with zero attached hydrogens (tertiary/aromatic N) is 4. The van der Waals surface area contributed by atoms with E-state index in [1.54, 1.807) is 0 Å². The Hall–Kier alpha value is -1.80. The molecule has 0 bridgehead atoms. The quantitative estimate of drug-likeness (QED) is 0.802. The van der Waals surface area contributed by atoms with Crippen LogP contribution in [0.4, 0.5) is 11.6 Å². The largest absolute Gasteiger partial charge is 0.370 e. The maximum Gasteiger partial charge on any atom is 0.149 e. The molecule has 5 nitrogen and oxygen atoms in total. The molecule has 2 aliphatic rings. The van der Waals surface area contributed by atoms with Gasteiger partial charge < -0.3 is 15.1 Å². The van der Waals surface area contributed by atoms with E-state index in [0.29, 0.717) is 0 Å². The fourth-order valence-corrected chi connectivity index (χ4v) is 3.94. The van der Waals surface area contributed by atoms with Crippen molar-refractivity contribution in [2.24, 2.45) is 0 Å². The number of fused-ring (bicyclic) bond motifs is 1. The molecule has 1 aromatic rings. The molecule has 1 saturated heterocycles. The first-order valence-electron chi connectivity index (χ1n) is 9.87. The Morgan fingerprint density at radius 3 is 2.64 bits per heavy atom. The molecule has 5 heteroatoms. The molecule has 0 unspecified atom stereocenters. The van der Waals surface area contributed by atoms with Gasteiger partial charge in [-0.1, -0.05) is 19.8 Å². The summed E-state index contributed by atoms with van der Waals surface area (Å²) in [6.07, 6.45) is 8.27. The molecule has 2 aliphatic heterocycles. The van der Waals surface area contributed by atoms with Crippen LogP contribution < -0.4 is 10.2 Å². The maximum atomic E-state index is 9.86. The van der Waals surface area contributed by atoms with Gasteiger partial charge in [-0.25, -0.2) is 4.98 Å². The van der Waals surface area contributed by atoms with Crippen molar-refractivity contribution < 1.29 is 0 Å². The van der Waals surface area contributed by atoms with Crippen LogP contribution in [0.25, 0.3) is 0 Å². The molecule has 0 amide bonds. The van der Waals surface area contributed by atoms with Crippen LogP contribution in [0.15, 0.2) is 0 Å². The van der Waals surface area contributed by atoms with E-state index >= 15 is 0 Å². The summed E-state index contributed by atoms with van der Waals surface area (Å²) >= 11 is 0. The van der Waals surface area contributed by atoms with E-state index in [1.807, 2.05) is 0 Å². The summed E-state index contributed by atoms with van der Waals surface area (Å²) in [5.74, 6) is 1.93. The number of rotatable bonds is 6. The van der Waals surface area contributed by atoms with Crippen LogP contribution in [0.3, 0.4) is 0 Å². The molecule has 136 valence electrons. The van der Waals surface area contributed by atoms with Crippen molar-refractivity contribution in [3.05, 3.63) is 16.7 Å². The Kier molecular flexibility index (Phi) is 6.14. The fourth-order valence-electron chi connectivity index (χ4n) is 3.94. The number of likely N-dealkylation sites (N-methyl/N-ethyl adjacent to an activating group) is 1. The lowest BCUT2D eigenvalue weighted by atomic mass is 9.95. The zero-order valence-electron chi connectivity index (χ0n) is 15.8. The third-order valence-electron chi connectivity index (χ3n) is 5.40. The van der Waals surface area contributed by atoms with Crippen molar-refractivity contribution in [2.45, 2.75) is 58.4 Å². The highest BCUT2D eigenvalue weighted by Gasteiger charge is 2.26. The topological polar surface area (TPSA) is 55.2 Å². The number of unbranched alkanes of at least 4 members (excludes halogenated alkanes) is 2. The maximum absolute atomic E-state index is 9.86. The summed E-state index contributed by atoms with van der Waals surface area (Å²) in [5, 5.41) is 13.4. The Morgan fingerprint density at radius 2 is 1.92 bits per heavy atom. The van der Waals surface area contributed by atoms with Crippen LogP contribution in [-0.4, -0.2) is 43.1 Å². The molecule has 0 radical (unpaired) electrons. The highest BCUT2D eigenvalue weighted by Crippen LogP contribution is 2.34. The van der Waals surface area contributed by atoms with Gasteiger partial charge in [-0.3, -0.25) is 0 Å². The number of aromatic nitrogens is 1. The summed E-state index contributed by atoms with van der Waals surface area (Å²) < 4.78 is 0. The predicted molar refractivity (Wildman–Crippen MR) is 103 cm³/mol. The number of nitrogens with one attached hydrogen (secondary N) is 1. The van der Waals surface area contributed by atoms with Crippen molar-refractivity contribution in [1.29, 1.82) is 5.26 Å². The van der Waals surface area contributed by atoms with Crippen LogP contribution in [0.5, 0.6) is 0 Å². The minimum absolute atomic E-state index is 0.823. The molecule has 0 atom stereocenters. The molecule has 1 aromatic heterocycles. The average molecular weight is 342 g/mol. The highest BCUT2D eigenvalue weighted by atomic mass is 15.2. The Labute approximate surface area is 152 Å². The zero-order valence-corrected chi connectivity index (χ0v) is 15.8. The lowest BCUT2D eigenvalue weighted by Gasteiger charge is -2.33. The molecule has 0 spiro atoms. The van der Waals surface area contributed by atoms with Crippen LogP contribution in [0.2, 0.25) is 0 Å². The van der Waals surface area contributed by atoms with Gasteiger partial charge in [-0.2, -0.15) is 5.26 Å². The first-order chi connectivity index (χ1) is 12.2. The van der Waals surface area contributed by atoms with Crippen LogP contribution in [0.1, 0.15) is 62.1 Å². The van der Waals surface area contributed by atoms with Crippen molar-refractivity contribution in [3.63, 3.8) is 0 Å². The van der Waals surface area contributed by atoms with Gasteiger partial charge in [0.25, 0.3) is 0 Å². The summed E-state index contributed by atoms with van der Waals surface area (Å²) in [5.41, 5.74) is 3.29. The second-order valence-corrected chi connectivity index (χ2v) is 7.40. The summed E-state index contributed by atoms with van der Waals surface area (Å²) in [7, 11) is 2.15. The lowest BCUT2D eigenvalue weighted by Crippen LogP contribution is -2.34.